The van der Waals surface area contributed by atoms with Gasteiger partial charge in [-0.25, -0.2) is 0 Å². The second-order valence-corrected chi connectivity index (χ2v) is 5.07. The zero-order valence-corrected chi connectivity index (χ0v) is 8.08. The molecule has 0 N–H and O–H groups in total. The van der Waals surface area contributed by atoms with Gasteiger partial charge in [0.2, 0.25) is 0 Å². The molecule has 1 saturated carbocycles. The third-order valence-electron chi connectivity index (χ3n) is 2.24. The molecule has 0 spiro atoms. The SMILES string of the molecule is [Cl][Mg][CH2]C1CCCCC1. The smallest absolute Gasteiger partial charge is 0.346 e. The lowest BCUT2D eigenvalue weighted by Crippen LogP contribution is -2.06. The summed E-state index contributed by atoms with van der Waals surface area (Å²) in [6.45, 7) is 0. The predicted molar refractivity (Wildman–Crippen MR) is 43.0 cm³/mol. The average Bonchev–Trinajstić information content (AvgIpc) is 1.91. The van der Waals surface area contributed by atoms with Crippen molar-refractivity contribution in [1.29, 1.82) is 0 Å². The maximum atomic E-state index is 5.77. The first-order valence-electron chi connectivity index (χ1n) is 3.99. The van der Waals surface area contributed by atoms with Crippen LogP contribution in [0.4, 0.5) is 0 Å². The van der Waals surface area contributed by atoms with Crippen LogP contribution in [-0.4, -0.2) is 19.3 Å². The van der Waals surface area contributed by atoms with E-state index >= 15 is 0 Å². The molecule has 0 heterocycles. The van der Waals surface area contributed by atoms with E-state index in [1.54, 1.807) is 0 Å². The Balaban J connectivity index is 2.08. The van der Waals surface area contributed by atoms with Gasteiger partial charge in [-0.1, -0.05) is 38.0 Å². The van der Waals surface area contributed by atoms with Crippen molar-refractivity contribution in [1.82, 2.24) is 0 Å². The van der Waals surface area contributed by atoms with E-state index in [-0.39, 0.29) is 19.3 Å². The minimum absolute atomic E-state index is 0.159. The Kier molecular flexibility index (Phi) is 4.36. The maximum absolute atomic E-state index is 5.77. The molecule has 1 aliphatic rings. The highest BCUT2D eigenvalue weighted by molar-refractivity contribution is 6.93. The molecule has 0 unspecified atom stereocenters. The van der Waals surface area contributed by atoms with Gasteiger partial charge in [0, 0.05) is 0 Å². The molecule has 0 radical (unpaired) electrons. The van der Waals surface area contributed by atoms with Gasteiger partial charge in [-0.15, -0.1) is 4.55 Å². The van der Waals surface area contributed by atoms with E-state index in [1.807, 2.05) is 0 Å². The highest BCUT2D eigenvalue weighted by atomic mass is 35.5. The first kappa shape index (κ1) is 8.16. The molecule has 0 amide bonds. The van der Waals surface area contributed by atoms with Gasteiger partial charge in [0.1, 0.15) is 0 Å². The second kappa shape index (κ2) is 4.81. The summed E-state index contributed by atoms with van der Waals surface area (Å²) in [4.78, 5) is 0. The van der Waals surface area contributed by atoms with Gasteiger partial charge in [0.05, 0.1) is 0 Å². The summed E-state index contributed by atoms with van der Waals surface area (Å²) >= 11 is -0.159. The monoisotopic (exact) mass is 156 g/mol. The van der Waals surface area contributed by atoms with Crippen LogP contribution >= 0.6 is 9.07 Å². The highest BCUT2D eigenvalue weighted by Gasteiger charge is 2.12. The topological polar surface area (TPSA) is 0 Å². The van der Waals surface area contributed by atoms with E-state index in [2.05, 4.69) is 0 Å². The Hall–Kier alpha value is 1.06. The Morgan fingerprint density at radius 3 is 2.44 bits per heavy atom. The van der Waals surface area contributed by atoms with Crippen LogP contribution in [0.5, 0.6) is 0 Å². The molecular formula is C7H13ClMg. The minimum Gasteiger partial charge on any atom is -0.346 e. The minimum atomic E-state index is -0.159. The number of halogens is 1. The highest BCUT2D eigenvalue weighted by Crippen LogP contribution is 2.26. The molecule has 0 aromatic rings. The molecule has 9 heavy (non-hydrogen) atoms. The van der Waals surface area contributed by atoms with Crippen molar-refractivity contribution in [3.05, 3.63) is 0 Å². The molecular weight excluding hydrogens is 144 g/mol. The second-order valence-electron chi connectivity index (χ2n) is 2.98. The quantitative estimate of drug-likeness (QED) is 0.540. The van der Waals surface area contributed by atoms with E-state index in [0.29, 0.717) is 0 Å². The lowest BCUT2D eigenvalue weighted by atomic mass is 9.91. The molecule has 50 valence electrons. The van der Waals surface area contributed by atoms with Gasteiger partial charge in [0.15, 0.2) is 0 Å². The summed E-state index contributed by atoms with van der Waals surface area (Å²) in [5.74, 6) is 1.03. The van der Waals surface area contributed by atoms with Crippen LogP contribution < -0.4 is 0 Å². The van der Waals surface area contributed by atoms with Crippen molar-refractivity contribution < 1.29 is 0 Å². The lowest BCUT2D eigenvalue weighted by molar-refractivity contribution is 0.385. The van der Waals surface area contributed by atoms with Gasteiger partial charge >= 0.3 is 19.3 Å². The normalized spacial score (nSPS) is 21.4. The van der Waals surface area contributed by atoms with Crippen molar-refractivity contribution in [3.63, 3.8) is 0 Å². The van der Waals surface area contributed by atoms with Gasteiger partial charge in [-0.3, -0.25) is 0 Å². The predicted octanol–water partition coefficient (Wildman–Crippen LogP) is 2.84. The summed E-state index contributed by atoms with van der Waals surface area (Å²) in [6.07, 6.45) is 7.35. The van der Waals surface area contributed by atoms with Crippen molar-refractivity contribution in [3.8, 4) is 0 Å². The third-order valence-corrected chi connectivity index (χ3v) is 3.93. The van der Waals surface area contributed by atoms with Crippen molar-refractivity contribution in [2.45, 2.75) is 36.7 Å². The van der Waals surface area contributed by atoms with E-state index in [9.17, 15) is 0 Å². The summed E-state index contributed by atoms with van der Waals surface area (Å²) in [5.41, 5.74) is 0. The molecule has 0 aromatic carbocycles. The summed E-state index contributed by atoms with van der Waals surface area (Å²) in [7, 11) is 5.77. The molecule has 1 rings (SSSR count). The van der Waals surface area contributed by atoms with Crippen molar-refractivity contribution in [2.24, 2.45) is 5.92 Å². The molecule has 0 atom stereocenters. The fourth-order valence-electron chi connectivity index (χ4n) is 1.63. The van der Waals surface area contributed by atoms with E-state index < -0.39 is 0 Å². The summed E-state index contributed by atoms with van der Waals surface area (Å²) < 4.78 is 1.39. The largest absolute Gasteiger partial charge is 0.501 e. The molecule has 0 nitrogen and oxygen atoms in total. The number of rotatable bonds is 2. The summed E-state index contributed by atoms with van der Waals surface area (Å²) in [6, 6.07) is 0. The van der Waals surface area contributed by atoms with Crippen LogP contribution in [0.2, 0.25) is 4.55 Å². The van der Waals surface area contributed by atoms with Crippen LogP contribution in [0.15, 0.2) is 0 Å². The van der Waals surface area contributed by atoms with E-state index in [0.717, 1.165) is 5.92 Å². The zero-order valence-electron chi connectivity index (χ0n) is 5.91. The Labute approximate surface area is 70.8 Å². The molecule has 2 heteroatoms. The van der Waals surface area contributed by atoms with Gasteiger partial charge in [0.25, 0.3) is 0 Å². The third kappa shape index (κ3) is 3.10. The van der Waals surface area contributed by atoms with Crippen molar-refractivity contribution in [2.75, 3.05) is 0 Å². The average molecular weight is 157 g/mol. The van der Waals surface area contributed by atoms with Crippen LogP contribution in [0.25, 0.3) is 0 Å². The van der Waals surface area contributed by atoms with Gasteiger partial charge in [-0.2, -0.15) is 0 Å². The maximum Gasteiger partial charge on any atom is 0.501 e. The standard InChI is InChI=1S/C7H13.ClH.Mg/c1-7-5-3-2-4-6-7;;/h7H,1-6H2;1H;/q;;+1/p-1. The van der Waals surface area contributed by atoms with Gasteiger partial charge in [-0.05, 0) is 0 Å². The molecule has 0 bridgehead atoms. The zero-order chi connectivity index (χ0) is 6.53. The fraction of sp³-hybridized carbons (Fsp3) is 1.00. The Morgan fingerprint density at radius 1 is 1.22 bits per heavy atom. The number of hydrogen-bond donors (Lipinski definition) is 0. The number of hydrogen-bond acceptors (Lipinski definition) is 0. The molecule has 0 aliphatic heterocycles. The fourth-order valence-corrected chi connectivity index (χ4v) is 3.44. The van der Waals surface area contributed by atoms with Crippen LogP contribution in [-0.2, 0) is 0 Å². The van der Waals surface area contributed by atoms with Crippen molar-refractivity contribution >= 4 is 28.3 Å². The summed E-state index contributed by atoms with van der Waals surface area (Å²) in [5, 5.41) is 0. The first-order chi connectivity index (χ1) is 4.43. The molecule has 1 fully saturated rings. The molecule has 0 saturated heterocycles. The van der Waals surface area contributed by atoms with E-state index in [4.69, 9.17) is 9.07 Å². The Morgan fingerprint density at radius 2 is 1.89 bits per heavy atom. The van der Waals surface area contributed by atoms with Crippen LogP contribution in [0, 0.1) is 5.92 Å². The van der Waals surface area contributed by atoms with Crippen LogP contribution in [0.1, 0.15) is 32.1 Å². The van der Waals surface area contributed by atoms with Crippen LogP contribution in [0.3, 0.4) is 0 Å². The Bertz CT molecular complexity index is 66.6. The van der Waals surface area contributed by atoms with Gasteiger partial charge < -0.3 is 9.07 Å². The van der Waals surface area contributed by atoms with E-state index in [1.165, 1.54) is 36.7 Å². The molecule has 0 aromatic heterocycles. The first-order valence-corrected chi connectivity index (χ1v) is 7.13. The molecule has 1 aliphatic carbocycles. The lowest BCUT2D eigenvalue weighted by Gasteiger charge is -2.20.